The van der Waals surface area contributed by atoms with Crippen LogP contribution in [0.25, 0.3) is 11.6 Å². The van der Waals surface area contributed by atoms with Gasteiger partial charge < -0.3 is 9.47 Å². The SMILES string of the molecule is CC1=C(C(=O)OCc2ccccc2)N=c2cc3c(c(C)c21)=CC(C(=O)OCc1ccccc1)=N3. The lowest BCUT2D eigenvalue weighted by molar-refractivity contribution is -0.140. The summed E-state index contributed by atoms with van der Waals surface area (Å²) in [4.78, 5) is 34.3. The van der Waals surface area contributed by atoms with E-state index >= 15 is 0 Å². The number of carbonyl (C=O) groups is 2. The molecule has 2 aliphatic rings. The minimum atomic E-state index is -0.478. The molecule has 6 heteroatoms. The summed E-state index contributed by atoms with van der Waals surface area (Å²) in [6, 6.07) is 20.8. The average molecular weight is 450 g/mol. The van der Waals surface area contributed by atoms with Gasteiger partial charge in [-0.3, -0.25) is 0 Å². The molecular formula is C28H22N2O4. The molecule has 0 radical (unpaired) electrons. The summed E-state index contributed by atoms with van der Waals surface area (Å²) in [5, 5.41) is 1.48. The van der Waals surface area contributed by atoms with Crippen molar-refractivity contribution in [2.24, 2.45) is 9.98 Å². The molecule has 0 saturated heterocycles. The summed E-state index contributed by atoms with van der Waals surface area (Å²) in [5.41, 5.74) is 5.54. The molecule has 34 heavy (non-hydrogen) atoms. The highest BCUT2D eigenvalue weighted by atomic mass is 16.5. The number of nitrogens with zero attached hydrogens (tertiary/aromatic N) is 2. The minimum absolute atomic E-state index is 0.185. The molecule has 168 valence electrons. The van der Waals surface area contributed by atoms with E-state index in [0.29, 0.717) is 16.7 Å². The van der Waals surface area contributed by atoms with Crippen LogP contribution in [-0.2, 0) is 32.3 Å². The van der Waals surface area contributed by atoms with E-state index in [1.165, 1.54) is 0 Å². The van der Waals surface area contributed by atoms with Gasteiger partial charge in [0, 0.05) is 10.8 Å². The van der Waals surface area contributed by atoms with E-state index in [1.54, 1.807) is 12.1 Å². The Balaban J connectivity index is 1.35. The molecular weight excluding hydrogens is 428 g/mol. The zero-order chi connectivity index (χ0) is 23.7. The van der Waals surface area contributed by atoms with Crippen LogP contribution in [0, 0.1) is 6.92 Å². The number of hydrogen-bond donors (Lipinski definition) is 0. The van der Waals surface area contributed by atoms with Crippen LogP contribution in [0.1, 0.15) is 29.2 Å². The van der Waals surface area contributed by atoms with Crippen molar-refractivity contribution in [3.05, 3.63) is 105 Å². The first-order chi connectivity index (χ1) is 16.5. The minimum Gasteiger partial charge on any atom is -0.456 e. The highest BCUT2D eigenvalue weighted by Crippen LogP contribution is 2.26. The van der Waals surface area contributed by atoms with Gasteiger partial charge in [0.15, 0.2) is 5.70 Å². The Morgan fingerprint density at radius 1 is 0.794 bits per heavy atom. The number of aliphatic imine (C=N–C) groups is 1. The second-order valence-electron chi connectivity index (χ2n) is 8.18. The van der Waals surface area contributed by atoms with Crippen molar-refractivity contribution < 1.29 is 19.1 Å². The number of esters is 2. The van der Waals surface area contributed by atoms with Crippen LogP contribution < -0.4 is 10.6 Å². The fraction of sp³-hybridized carbons (Fsp3) is 0.143. The molecule has 0 aliphatic carbocycles. The van der Waals surface area contributed by atoms with E-state index in [1.807, 2.05) is 74.5 Å². The molecule has 0 fully saturated rings. The lowest BCUT2D eigenvalue weighted by atomic mass is 9.98. The quantitative estimate of drug-likeness (QED) is 0.537. The number of carbonyl (C=O) groups excluding carboxylic acids is 2. The van der Waals surface area contributed by atoms with Crippen molar-refractivity contribution in [1.82, 2.24) is 0 Å². The van der Waals surface area contributed by atoms with Crippen LogP contribution >= 0.6 is 0 Å². The lowest BCUT2D eigenvalue weighted by Gasteiger charge is -2.06. The third-order valence-corrected chi connectivity index (χ3v) is 5.90. The predicted octanol–water partition coefficient (Wildman–Crippen LogP) is 3.71. The van der Waals surface area contributed by atoms with E-state index in [-0.39, 0.29) is 18.9 Å². The second kappa shape index (κ2) is 8.90. The molecule has 0 amide bonds. The first kappa shape index (κ1) is 21.5. The second-order valence-corrected chi connectivity index (χ2v) is 8.18. The standard InChI is InChI=1S/C28H22N2O4/c1-17-21-13-24(27(31)33-15-19-9-5-3-6-10-19)29-22(21)14-23-25(17)18(2)26(30-23)28(32)34-16-20-11-7-4-8-12-20/h3-14H,15-16H2,1-2H3. The van der Waals surface area contributed by atoms with Crippen molar-refractivity contribution in [3.63, 3.8) is 0 Å². The van der Waals surface area contributed by atoms with Gasteiger partial charge in [0.1, 0.15) is 18.9 Å². The summed E-state index contributed by atoms with van der Waals surface area (Å²) in [6.07, 6.45) is 1.73. The van der Waals surface area contributed by atoms with Crippen LogP contribution in [0.4, 0.5) is 5.69 Å². The molecule has 2 aliphatic heterocycles. The lowest BCUT2D eigenvalue weighted by Crippen LogP contribution is -2.18. The maximum Gasteiger partial charge on any atom is 0.357 e. The molecule has 6 nitrogen and oxygen atoms in total. The molecule has 0 spiro atoms. The molecule has 2 heterocycles. The van der Waals surface area contributed by atoms with Gasteiger partial charge in [0.2, 0.25) is 0 Å². The van der Waals surface area contributed by atoms with Gasteiger partial charge in [0.05, 0.1) is 11.0 Å². The zero-order valence-electron chi connectivity index (χ0n) is 18.9. The van der Waals surface area contributed by atoms with E-state index < -0.39 is 11.9 Å². The summed E-state index contributed by atoms with van der Waals surface area (Å²) in [6.45, 7) is 4.17. The molecule has 0 saturated carbocycles. The average Bonchev–Trinajstić information content (AvgIpc) is 3.44. The fourth-order valence-corrected chi connectivity index (χ4v) is 4.15. The van der Waals surface area contributed by atoms with Gasteiger partial charge in [-0.1, -0.05) is 60.7 Å². The molecule has 0 atom stereocenters. The van der Waals surface area contributed by atoms with Crippen LogP contribution in [-0.4, -0.2) is 17.7 Å². The first-order valence-electron chi connectivity index (χ1n) is 11.0. The number of allylic oxidation sites excluding steroid dienone is 1. The highest BCUT2D eigenvalue weighted by molar-refractivity contribution is 6.49. The Labute approximate surface area is 196 Å². The molecule has 3 aromatic carbocycles. The summed E-state index contributed by atoms with van der Waals surface area (Å²) < 4.78 is 10.9. The largest absolute Gasteiger partial charge is 0.456 e. The number of ether oxygens (including phenoxy) is 2. The molecule has 5 rings (SSSR count). The normalized spacial score (nSPS) is 13.4. The Hall–Kier alpha value is -4.32. The number of hydrogen-bond acceptors (Lipinski definition) is 6. The molecule has 0 unspecified atom stereocenters. The number of benzene rings is 3. The van der Waals surface area contributed by atoms with Crippen LogP contribution in [0.3, 0.4) is 0 Å². The van der Waals surface area contributed by atoms with E-state index in [2.05, 4.69) is 9.98 Å². The third kappa shape index (κ3) is 4.06. The summed E-state index contributed by atoms with van der Waals surface area (Å²) in [5.74, 6) is -0.941. The fourth-order valence-electron chi connectivity index (χ4n) is 4.15. The zero-order valence-corrected chi connectivity index (χ0v) is 18.9. The van der Waals surface area contributed by atoms with Crippen molar-refractivity contribution in [3.8, 4) is 0 Å². The summed E-state index contributed by atoms with van der Waals surface area (Å²) >= 11 is 0. The van der Waals surface area contributed by atoms with Crippen LogP contribution in [0.15, 0.2) is 82.4 Å². The Kier molecular flexibility index (Phi) is 5.64. The number of fused-ring (bicyclic) bond motifs is 2. The molecule has 3 aromatic rings. The predicted molar refractivity (Wildman–Crippen MR) is 129 cm³/mol. The molecule has 0 aromatic heterocycles. The van der Waals surface area contributed by atoms with Gasteiger partial charge in [-0.05, 0) is 48.3 Å². The van der Waals surface area contributed by atoms with E-state index in [0.717, 1.165) is 33.0 Å². The molecule has 0 N–H and O–H groups in total. The smallest absolute Gasteiger partial charge is 0.357 e. The van der Waals surface area contributed by atoms with Gasteiger partial charge in [-0.15, -0.1) is 0 Å². The van der Waals surface area contributed by atoms with E-state index in [9.17, 15) is 9.59 Å². The van der Waals surface area contributed by atoms with Gasteiger partial charge in [-0.2, -0.15) is 0 Å². The maximum absolute atomic E-state index is 12.7. The Bertz CT molecular complexity index is 1490. The van der Waals surface area contributed by atoms with Crippen LogP contribution in [0.5, 0.6) is 0 Å². The number of rotatable bonds is 6. The van der Waals surface area contributed by atoms with Crippen molar-refractivity contribution in [1.29, 1.82) is 0 Å². The van der Waals surface area contributed by atoms with Crippen LogP contribution in [0.2, 0.25) is 0 Å². The Morgan fingerprint density at radius 2 is 1.38 bits per heavy atom. The van der Waals surface area contributed by atoms with Gasteiger partial charge in [-0.25, -0.2) is 19.6 Å². The van der Waals surface area contributed by atoms with Crippen molar-refractivity contribution >= 4 is 35.0 Å². The first-order valence-corrected chi connectivity index (χ1v) is 11.0. The Morgan fingerprint density at radius 3 is 2.00 bits per heavy atom. The monoisotopic (exact) mass is 450 g/mol. The van der Waals surface area contributed by atoms with Gasteiger partial charge >= 0.3 is 11.9 Å². The van der Waals surface area contributed by atoms with Crippen molar-refractivity contribution in [2.75, 3.05) is 0 Å². The van der Waals surface area contributed by atoms with E-state index in [4.69, 9.17) is 9.47 Å². The maximum atomic E-state index is 12.7. The van der Waals surface area contributed by atoms with Crippen molar-refractivity contribution in [2.45, 2.75) is 27.1 Å². The van der Waals surface area contributed by atoms with Gasteiger partial charge in [0.25, 0.3) is 0 Å². The molecule has 0 bridgehead atoms. The third-order valence-electron chi connectivity index (χ3n) is 5.90. The highest BCUT2D eigenvalue weighted by Gasteiger charge is 2.26. The topological polar surface area (TPSA) is 77.3 Å². The summed E-state index contributed by atoms with van der Waals surface area (Å²) in [7, 11) is 0.